The summed E-state index contributed by atoms with van der Waals surface area (Å²) < 4.78 is 0. The molecule has 0 aromatic heterocycles. The molecule has 1 atom stereocenters. The van der Waals surface area contributed by atoms with Gasteiger partial charge < -0.3 is 10.0 Å². The van der Waals surface area contributed by atoms with Crippen LogP contribution in [0, 0.1) is 5.41 Å². The lowest BCUT2D eigenvalue weighted by Gasteiger charge is -2.39. The van der Waals surface area contributed by atoms with E-state index in [1.807, 2.05) is 0 Å². The highest BCUT2D eigenvalue weighted by molar-refractivity contribution is 5.99. The fraction of sp³-hybridized carbons (Fsp3) is 0.714. The number of aliphatic hydroxyl groups excluding tert-OH is 1. The maximum absolute atomic E-state index is 11.2. The highest BCUT2D eigenvalue weighted by Crippen LogP contribution is 2.26. The van der Waals surface area contributed by atoms with Crippen LogP contribution >= 0.6 is 0 Å². The van der Waals surface area contributed by atoms with Crippen molar-refractivity contribution in [3.8, 4) is 0 Å². The van der Waals surface area contributed by atoms with Crippen LogP contribution in [0.25, 0.3) is 0 Å². The summed E-state index contributed by atoms with van der Waals surface area (Å²) in [7, 11) is 1.44. The Morgan fingerprint density at radius 3 is 2.50 bits per heavy atom. The molecule has 5 heteroatoms. The van der Waals surface area contributed by atoms with Gasteiger partial charge in [-0.2, -0.15) is 0 Å². The molecule has 0 aromatic carbocycles. The minimum atomic E-state index is -1.06. The molecule has 0 radical (unpaired) electrons. The molecule has 1 aliphatic rings. The molecule has 1 rings (SSSR count). The van der Waals surface area contributed by atoms with Gasteiger partial charge in [0, 0.05) is 7.05 Å². The first kappa shape index (κ1) is 8.99. The number of urea groups is 1. The summed E-state index contributed by atoms with van der Waals surface area (Å²) >= 11 is 0. The molecule has 0 bridgehead atoms. The van der Waals surface area contributed by atoms with Gasteiger partial charge in [-0.3, -0.25) is 10.1 Å². The number of hydrogen-bond acceptors (Lipinski definition) is 3. The molecular weight excluding hydrogens is 160 g/mol. The van der Waals surface area contributed by atoms with Crippen LogP contribution in [0.3, 0.4) is 0 Å². The Hall–Kier alpha value is -1.10. The standard InChI is InChI=1S/C7H12N2O3/c1-7(2)4(10)8-6(12)9(3)5(7)11/h5,11H,1-3H3,(H,8,10,12). The molecule has 0 aliphatic carbocycles. The number of carbonyl (C=O) groups excluding carboxylic acids is 2. The number of nitrogens with one attached hydrogen (secondary N) is 1. The summed E-state index contributed by atoms with van der Waals surface area (Å²) in [5, 5.41) is 11.6. The maximum Gasteiger partial charge on any atom is 0.325 e. The molecule has 1 fully saturated rings. The lowest BCUT2D eigenvalue weighted by atomic mass is 9.88. The van der Waals surface area contributed by atoms with Crippen LogP contribution in [0.1, 0.15) is 13.8 Å². The molecule has 5 nitrogen and oxygen atoms in total. The van der Waals surface area contributed by atoms with Crippen LogP contribution in [0.5, 0.6) is 0 Å². The van der Waals surface area contributed by atoms with Gasteiger partial charge in [-0.25, -0.2) is 4.79 Å². The predicted molar refractivity (Wildman–Crippen MR) is 41.1 cm³/mol. The van der Waals surface area contributed by atoms with Gasteiger partial charge in [0.2, 0.25) is 5.91 Å². The maximum atomic E-state index is 11.2. The van der Waals surface area contributed by atoms with Gasteiger partial charge in [-0.1, -0.05) is 0 Å². The lowest BCUT2D eigenvalue weighted by molar-refractivity contribution is -0.145. The molecule has 0 aromatic rings. The van der Waals surface area contributed by atoms with Gasteiger partial charge in [-0.15, -0.1) is 0 Å². The highest BCUT2D eigenvalue weighted by atomic mass is 16.3. The number of imide groups is 1. The first-order valence-electron chi connectivity index (χ1n) is 3.63. The Bertz CT molecular complexity index is 237. The fourth-order valence-electron chi connectivity index (χ4n) is 1.06. The van der Waals surface area contributed by atoms with Crippen molar-refractivity contribution in [2.75, 3.05) is 7.05 Å². The van der Waals surface area contributed by atoms with Crippen molar-refractivity contribution >= 4 is 11.9 Å². The lowest BCUT2D eigenvalue weighted by Crippen LogP contribution is -2.62. The third-order valence-corrected chi connectivity index (χ3v) is 2.14. The van der Waals surface area contributed by atoms with Crippen molar-refractivity contribution in [2.24, 2.45) is 5.41 Å². The molecule has 2 N–H and O–H groups in total. The first-order chi connectivity index (χ1) is 5.37. The average Bonchev–Trinajstić information content (AvgIpc) is 1.99. The molecule has 1 unspecified atom stereocenters. The van der Waals surface area contributed by atoms with E-state index < -0.39 is 23.6 Å². The molecule has 0 spiro atoms. The molecule has 68 valence electrons. The Kier molecular flexibility index (Phi) is 1.83. The zero-order valence-corrected chi connectivity index (χ0v) is 7.29. The minimum Gasteiger partial charge on any atom is -0.372 e. The van der Waals surface area contributed by atoms with E-state index in [4.69, 9.17) is 0 Å². The summed E-state index contributed by atoms with van der Waals surface area (Å²) in [6.07, 6.45) is -1.06. The van der Waals surface area contributed by atoms with E-state index in [2.05, 4.69) is 5.32 Å². The molecule has 0 saturated carbocycles. The van der Waals surface area contributed by atoms with Crippen LogP contribution in [0.15, 0.2) is 0 Å². The Labute approximate surface area is 70.4 Å². The van der Waals surface area contributed by atoms with E-state index in [9.17, 15) is 14.7 Å². The predicted octanol–water partition coefficient (Wildman–Crippen LogP) is -0.487. The number of carbonyl (C=O) groups is 2. The Morgan fingerprint density at radius 1 is 1.50 bits per heavy atom. The normalized spacial score (nSPS) is 28.7. The summed E-state index contributed by atoms with van der Waals surface area (Å²) in [4.78, 5) is 23.2. The second kappa shape index (κ2) is 2.45. The van der Waals surface area contributed by atoms with Crippen molar-refractivity contribution in [1.82, 2.24) is 10.2 Å². The van der Waals surface area contributed by atoms with E-state index in [-0.39, 0.29) is 0 Å². The Balaban J connectivity index is 2.95. The van der Waals surface area contributed by atoms with Gasteiger partial charge in [0.15, 0.2) is 0 Å². The van der Waals surface area contributed by atoms with Crippen LogP contribution in [-0.2, 0) is 4.79 Å². The molecule has 1 saturated heterocycles. The highest BCUT2D eigenvalue weighted by Gasteiger charge is 2.45. The van der Waals surface area contributed by atoms with Gasteiger partial charge in [0.05, 0.1) is 5.41 Å². The van der Waals surface area contributed by atoms with E-state index in [1.165, 1.54) is 7.05 Å². The van der Waals surface area contributed by atoms with E-state index >= 15 is 0 Å². The average molecular weight is 172 g/mol. The quantitative estimate of drug-likeness (QED) is 0.518. The van der Waals surface area contributed by atoms with Crippen molar-refractivity contribution in [2.45, 2.75) is 20.1 Å². The Morgan fingerprint density at radius 2 is 2.00 bits per heavy atom. The second-order valence-electron chi connectivity index (χ2n) is 3.47. The van der Waals surface area contributed by atoms with Gasteiger partial charge in [-0.05, 0) is 13.8 Å². The first-order valence-corrected chi connectivity index (χ1v) is 3.63. The van der Waals surface area contributed by atoms with Crippen molar-refractivity contribution < 1.29 is 14.7 Å². The zero-order chi connectivity index (χ0) is 9.52. The second-order valence-corrected chi connectivity index (χ2v) is 3.47. The van der Waals surface area contributed by atoms with Gasteiger partial charge in [0.1, 0.15) is 6.23 Å². The largest absolute Gasteiger partial charge is 0.372 e. The molecule has 3 amide bonds. The summed E-state index contributed by atoms with van der Waals surface area (Å²) in [6.45, 7) is 3.16. The number of hydrogen-bond donors (Lipinski definition) is 2. The van der Waals surface area contributed by atoms with Gasteiger partial charge >= 0.3 is 6.03 Å². The molecule has 1 heterocycles. The van der Waals surface area contributed by atoms with Crippen molar-refractivity contribution in [3.63, 3.8) is 0 Å². The third kappa shape index (κ3) is 1.06. The minimum absolute atomic E-state index is 0.446. The fourth-order valence-corrected chi connectivity index (χ4v) is 1.06. The molecule has 1 aliphatic heterocycles. The van der Waals surface area contributed by atoms with Crippen LogP contribution in [0.2, 0.25) is 0 Å². The van der Waals surface area contributed by atoms with Crippen LogP contribution in [0.4, 0.5) is 4.79 Å². The van der Waals surface area contributed by atoms with E-state index in [0.717, 1.165) is 4.90 Å². The summed E-state index contributed by atoms with van der Waals surface area (Å²) in [5.41, 5.74) is -0.942. The van der Waals surface area contributed by atoms with Crippen molar-refractivity contribution in [3.05, 3.63) is 0 Å². The topological polar surface area (TPSA) is 69.6 Å². The molecule has 12 heavy (non-hydrogen) atoms. The zero-order valence-electron chi connectivity index (χ0n) is 7.29. The monoisotopic (exact) mass is 172 g/mol. The van der Waals surface area contributed by atoms with Crippen molar-refractivity contribution in [1.29, 1.82) is 0 Å². The SMILES string of the molecule is CN1C(=O)NC(=O)C(C)(C)C1O. The smallest absolute Gasteiger partial charge is 0.325 e. The van der Waals surface area contributed by atoms with E-state index in [1.54, 1.807) is 13.8 Å². The third-order valence-electron chi connectivity index (χ3n) is 2.14. The number of nitrogens with zero attached hydrogens (tertiary/aromatic N) is 1. The number of amides is 3. The number of aliphatic hydroxyl groups is 1. The van der Waals surface area contributed by atoms with Crippen LogP contribution in [-0.4, -0.2) is 35.2 Å². The number of rotatable bonds is 0. The van der Waals surface area contributed by atoms with E-state index in [0.29, 0.717) is 0 Å². The van der Waals surface area contributed by atoms with Crippen LogP contribution < -0.4 is 5.32 Å². The summed E-state index contributed by atoms with van der Waals surface area (Å²) in [5.74, 6) is -0.446. The molecular formula is C7H12N2O3. The summed E-state index contributed by atoms with van der Waals surface area (Å²) in [6, 6.07) is -0.563. The van der Waals surface area contributed by atoms with Gasteiger partial charge in [0.25, 0.3) is 0 Å².